The number of hydrogen-bond donors (Lipinski definition) is 1. The molecule has 0 fully saturated rings. The molecule has 1 aliphatic rings. The Hall–Kier alpha value is -3.63. The molecule has 168 valence electrons. The summed E-state index contributed by atoms with van der Waals surface area (Å²) in [6, 6.07) is 8.60. The Labute approximate surface area is 179 Å². The van der Waals surface area contributed by atoms with Crippen molar-refractivity contribution in [1.82, 2.24) is 20.3 Å². The minimum atomic E-state index is -4.93. The second-order valence-electron chi connectivity index (χ2n) is 7.12. The first-order valence-corrected chi connectivity index (χ1v) is 9.73. The summed E-state index contributed by atoms with van der Waals surface area (Å²) in [5.74, 6) is -0.611. The summed E-state index contributed by atoms with van der Waals surface area (Å²) in [7, 11) is 0. The van der Waals surface area contributed by atoms with E-state index < -0.39 is 35.3 Å². The second-order valence-corrected chi connectivity index (χ2v) is 7.12. The SMILES string of the molecule is CC(NC(=O)c1nnn(-c2ccc(F)cc2)c1C(F)(F)F)c1ccc2c(c1)OCCCO2. The molecule has 1 atom stereocenters. The molecule has 1 unspecified atom stereocenters. The van der Waals surface area contributed by atoms with Gasteiger partial charge < -0.3 is 14.8 Å². The van der Waals surface area contributed by atoms with E-state index in [0.29, 0.717) is 35.0 Å². The third-order valence-electron chi connectivity index (χ3n) is 4.84. The molecule has 7 nitrogen and oxygen atoms in total. The van der Waals surface area contributed by atoms with Crippen LogP contribution in [-0.4, -0.2) is 34.1 Å². The Morgan fingerprint density at radius 1 is 1.09 bits per heavy atom. The van der Waals surface area contributed by atoms with Gasteiger partial charge in [-0.25, -0.2) is 9.07 Å². The number of aromatic nitrogens is 3. The highest BCUT2D eigenvalue weighted by molar-refractivity contribution is 5.93. The summed E-state index contributed by atoms with van der Waals surface area (Å²) in [6.45, 7) is 2.61. The molecule has 0 aliphatic carbocycles. The molecule has 0 spiro atoms. The Kier molecular flexibility index (Phi) is 5.72. The summed E-state index contributed by atoms with van der Waals surface area (Å²) < 4.78 is 66.1. The molecule has 1 N–H and O–H groups in total. The maximum atomic E-state index is 13.8. The highest BCUT2D eigenvalue weighted by Crippen LogP contribution is 2.34. The number of ether oxygens (including phenoxy) is 2. The van der Waals surface area contributed by atoms with Crippen molar-refractivity contribution >= 4 is 5.91 Å². The van der Waals surface area contributed by atoms with Crippen molar-refractivity contribution in [3.8, 4) is 17.2 Å². The van der Waals surface area contributed by atoms with Crippen LogP contribution < -0.4 is 14.8 Å². The van der Waals surface area contributed by atoms with Gasteiger partial charge in [0.25, 0.3) is 5.91 Å². The molecule has 1 amide bonds. The van der Waals surface area contributed by atoms with Crippen LogP contribution in [0.25, 0.3) is 5.69 Å². The second kappa shape index (κ2) is 8.48. The number of hydrogen-bond acceptors (Lipinski definition) is 5. The van der Waals surface area contributed by atoms with Gasteiger partial charge in [0.1, 0.15) is 5.82 Å². The van der Waals surface area contributed by atoms with Gasteiger partial charge in [0, 0.05) is 6.42 Å². The van der Waals surface area contributed by atoms with Crippen molar-refractivity contribution in [3.63, 3.8) is 0 Å². The molecule has 0 radical (unpaired) electrons. The third kappa shape index (κ3) is 4.36. The van der Waals surface area contributed by atoms with Crippen molar-refractivity contribution in [1.29, 1.82) is 0 Å². The Balaban J connectivity index is 1.61. The zero-order valence-electron chi connectivity index (χ0n) is 16.8. The lowest BCUT2D eigenvalue weighted by molar-refractivity contribution is -0.143. The fourth-order valence-corrected chi connectivity index (χ4v) is 3.25. The van der Waals surface area contributed by atoms with Gasteiger partial charge in [0.15, 0.2) is 22.9 Å². The van der Waals surface area contributed by atoms with Gasteiger partial charge in [-0.05, 0) is 48.9 Å². The number of nitrogens with zero attached hydrogens (tertiary/aromatic N) is 3. The van der Waals surface area contributed by atoms with Crippen LogP contribution in [0.3, 0.4) is 0 Å². The molecular formula is C21H18F4N4O3. The molecule has 0 bridgehead atoms. The van der Waals surface area contributed by atoms with Crippen LogP contribution in [0, 0.1) is 5.82 Å². The van der Waals surface area contributed by atoms with E-state index in [0.717, 1.165) is 30.7 Å². The van der Waals surface area contributed by atoms with E-state index in [1.165, 1.54) is 0 Å². The molecule has 32 heavy (non-hydrogen) atoms. The van der Waals surface area contributed by atoms with Gasteiger partial charge in [-0.1, -0.05) is 11.3 Å². The molecule has 2 aromatic carbocycles. The van der Waals surface area contributed by atoms with Crippen LogP contribution in [0.2, 0.25) is 0 Å². The molecule has 0 saturated heterocycles. The fraction of sp³-hybridized carbons (Fsp3) is 0.286. The van der Waals surface area contributed by atoms with Crippen molar-refractivity contribution < 1.29 is 31.8 Å². The van der Waals surface area contributed by atoms with E-state index in [9.17, 15) is 22.4 Å². The fourth-order valence-electron chi connectivity index (χ4n) is 3.25. The average molecular weight is 450 g/mol. The van der Waals surface area contributed by atoms with E-state index in [4.69, 9.17) is 9.47 Å². The number of carbonyl (C=O) groups is 1. The predicted octanol–water partition coefficient (Wildman–Crippen LogP) is 4.08. The lowest BCUT2D eigenvalue weighted by Crippen LogP contribution is -2.29. The topological polar surface area (TPSA) is 78.3 Å². The molecule has 11 heteroatoms. The maximum Gasteiger partial charge on any atom is 0.435 e. The molecule has 1 aliphatic heterocycles. The summed E-state index contributed by atoms with van der Waals surface area (Å²) in [6.07, 6.45) is -4.21. The molecule has 0 saturated carbocycles. The molecule has 3 aromatic rings. The van der Waals surface area contributed by atoms with Gasteiger partial charge in [0.2, 0.25) is 0 Å². The Morgan fingerprint density at radius 3 is 2.47 bits per heavy atom. The predicted molar refractivity (Wildman–Crippen MR) is 104 cm³/mol. The minimum absolute atomic E-state index is 0.0822. The lowest BCUT2D eigenvalue weighted by Gasteiger charge is -2.17. The number of fused-ring (bicyclic) bond motifs is 1. The normalized spacial score (nSPS) is 14.5. The molecule has 4 rings (SSSR count). The van der Waals surface area contributed by atoms with E-state index >= 15 is 0 Å². The zero-order valence-corrected chi connectivity index (χ0v) is 16.8. The summed E-state index contributed by atoms with van der Waals surface area (Å²) in [5, 5.41) is 9.44. The van der Waals surface area contributed by atoms with E-state index in [1.807, 2.05) is 0 Å². The highest BCUT2D eigenvalue weighted by atomic mass is 19.4. The largest absolute Gasteiger partial charge is 0.490 e. The molecular weight excluding hydrogens is 432 g/mol. The quantitative estimate of drug-likeness (QED) is 0.607. The maximum absolute atomic E-state index is 13.8. The van der Waals surface area contributed by atoms with Crippen molar-refractivity contribution in [2.24, 2.45) is 0 Å². The highest BCUT2D eigenvalue weighted by Gasteiger charge is 2.42. The van der Waals surface area contributed by atoms with E-state index in [1.54, 1.807) is 25.1 Å². The van der Waals surface area contributed by atoms with Crippen molar-refractivity contribution in [2.45, 2.75) is 25.6 Å². The number of rotatable bonds is 4. The van der Waals surface area contributed by atoms with Gasteiger partial charge in [-0.3, -0.25) is 4.79 Å². The number of alkyl halides is 3. The Morgan fingerprint density at radius 2 is 1.78 bits per heavy atom. The van der Waals surface area contributed by atoms with Crippen LogP contribution >= 0.6 is 0 Å². The smallest absolute Gasteiger partial charge is 0.435 e. The summed E-state index contributed by atoms with van der Waals surface area (Å²) in [5.41, 5.74) is -1.71. The summed E-state index contributed by atoms with van der Waals surface area (Å²) in [4.78, 5) is 12.7. The standard InChI is InChI=1S/C21H18F4N4O3/c1-12(13-3-8-16-17(11-13)32-10-2-9-31-16)26-20(30)18-19(21(23,24)25)29(28-27-18)15-6-4-14(22)5-7-15/h3-8,11-12H,2,9-10H2,1H3,(H,26,30). The van der Waals surface area contributed by atoms with Crippen molar-refractivity contribution in [2.75, 3.05) is 13.2 Å². The van der Waals surface area contributed by atoms with Crippen LogP contribution in [0.5, 0.6) is 11.5 Å². The number of halogens is 4. The zero-order chi connectivity index (χ0) is 22.9. The third-order valence-corrected chi connectivity index (χ3v) is 4.84. The summed E-state index contributed by atoms with van der Waals surface area (Å²) >= 11 is 0. The van der Waals surface area contributed by atoms with Crippen LogP contribution in [0.4, 0.5) is 17.6 Å². The van der Waals surface area contributed by atoms with Crippen LogP contribution in [-0.2, 0) is 6.18 Å². The molecule has 1 aromatic heterocycles. The minimum Gasteiger partial charge on any atom is -0.490 e. The van der Waals surface area contributed by atoms with Gasteiger partial charge in [0.05, 0.1) is 24.9 Å². The number of amides is 1. The number of carbonyl (C=O) groups excluding carboxylic acids is 1. The van der Waals surface area contributed by atoms with Gasteiger partial charge in [-0.2, -0.15) is 13.2 Å². The number of nitrogens with one attached hydrogen (secondary N) is 1. The van der Waals surface area contributed by atoms with Gasteiger partial charge >= 0.3 is 6.18 Å². The van der Waals surface area contributed by atoms with E-state index in [2.05, 4.69) is 15.6 Å². The first-order valence-electron chi connectivity index (χ1n) is 9.73. The Bertz CT molecular complexity index is 1130. The monoisotopic (exact) mass is 450 g/mol. The lowest BCUT2D eigenvalue weighted by atomic mass is 10.1. The first-order chi connectivity index (χ1) is 15.2. The first kappa shape index (κ1) is 21.6. The van der Waals surface area contributed by atoms with Crippen LogP contribution in [0.15, 0.2) is 42.5 Å². The average Bonchev–Trinajstić information content (AvgIpc) is 3.08. The van der Waals surface area contributed by atoms with Gasteiger partial charge in [-0.15, -0.1) is 5.10 Å². The number of benzene rings is 2. The van der Waals surface area contributed by atoms with Crippen LogP contribution in [0.1, 0.15) is 41.1 Å². The van der Waals surface area contributed by atoms with Crippen molar-refractivity contribution in [3.05, 3.63) is 65.2 Å². The van der Waals surface area contributed by atoms with E-state index in [-0.39, 0.29) is 5.69 Å². The molecule has 2 heterocycles.